The Kier molecular flexibility index (Phi) is 3.97. The van der Waals surface area contributed by atoms with Crippen molar-refractivity contribution in [2.75, 3.05) is 18.6 Å². The highest BCUT2D eigenvalue weighted by atomic mass is 16.5. The second-order valence-electron chi connectivity index (χ2n) is 5.01. The zero-order valence-corrected chi connectivity index (χ0v) is 12.2. The van der Waals surface area contributed by atoms with Crippen LogP contribution in [0.4, 0.5) is 5.69 Å². The van der Waals surface area contributed by atoms with Gasteiger partial charge in [-0.3, -0.25) is 9.59 Å². The lowest BCUT2D eigenvalue weighted by Crippen LogP contribution is -2.45. The predicted molar refractivity (Wildman–Crippen MR) is 75.0 cm³/mol. The number of nitrogens with zero attached hydrogens (tertiary/aromatic N) is 1. The van der Waals surface area contributed by atoms with E-state index in [-0.39, 0.29) is 18.3 Å². The summed E-state index contributed by atoms with van der Waals surface area (Å²) in [6, 6.07) is 3.92. The van der Waals surface area contributed by atoms with Crippen molar-refractivity contribution in [2.45, 2.75) is 33.3 Å². The number of rotatable bonds is 3. The largest absolute Gasteiger partial charge is 0.478 e. The highest BCUT2D eigenvalue weighted by Gasteiger charge is 2.32. The van der Waals surface area contributed by atoms with Crippen molar-refractivity contribution in [3.05, 3.63) is 23.3 Å². The Bertz CT molecular complexity index is 553. The van der Waals surface area contributed by atoms with Gasteiger partial charge in [0.15, 0.2) is 6.10 Å². The summed E-state index contributed by atoms with van der Waals surface area (Å²) in [5, 5.41) is 0. The van der Waals surface area contributed by atoms with Crippen molar-refractivity contribution in [1.29, 1.82) is 0 Å². The molecule has 0 N–H and O–H groups in total. The van der Waals surface area contributed by atoms with Crippen LogP contribution in [0.15, 0.2) is 12.1 Å². The maximum absolute atomic E-state index is 12.3. The topological polar surface area (TPSA) is 55.8 Å². The number of amides is 1. The van der Waals surface area contributed by atoms with E-state index in [2.05, 4.69) is 4.74 Å². The minimum Gasteiger partial charge on any atom is -0.478 e. The third-order valence-electron chi connectivity index (χ3n) is 3.37. The molecular weight excluding hydrogens is 258 g/mol. The van der Waals surface area contributed by atoms with Gasteiger partial charge in [-0.2, -0.15) is 0 Å². The Morgan fingerprint density at radius 3 is 2.75 bits per heavy atom. The van der Waals surface area contributed by atoms with Crippen LogP contribution >= 0.6 is 0 Å². The molecule has 0 spiro atoms. The molecule has 0 saturated carbocycles. The van der Waals surface area contributed by atoms with E-state index < -0.39 is 6.10 Å². The average molecular weight is 277 g/mol. The molecule has 2 rings (SSSR count). The van der Waals surface area contributed by atoms with Gasteiger partial charge in [0.2, 0.25) is 0 Å². The molecule has 1 heterocycles. The van der Waals surface area contributed by atoms with Crippen molar-refractivity contribution < 1.29 is 19.1 Å². The van der Waals surface area contributed by atoms with Crippen LogP contribution in [0, 0.1) is 13.8 Å². The summed E-state index contributed by atoms with van der Waals surface area (Å²) in [6.07, 6.45) is -0.372. The second-order valence-corrected chi connectivity index (χ2v) is 5.01. The molecule has 1 aliphatic heterocycles. The number of fused-ring (bicyclic) bond motifs is 1. The summed E-state index contributed by atoms with van der Waals surface area (Å²) in [7, 11) is 1.34. The van der Waals surface area contributed by atoms with E-state index >= 15 is 0 Å². The number of benzene rings is 1. The number of methoxy groups -OCH3 is 1. The van der Waals surface area contributed by atoms with Crippen molar-refractivity contribution in [1.82, 2.24) is 0 Å². The number of ether oxygens (including phenoxy) is 2. The van der Waals surface area contributed by atoms with Crippen LogP contribution in [0.3, 0.4) is 0 Å². The van der Waals surface area contributed by atoms with Crippen molar-refractivity contribution in [3.8, 4) is 5.75 Å². The third kappa shape index (κ3) is 2.61. The molecule has 108 valence electrons. The van der Waals surface area contributed by atoms with E-state index in [0.29, 0.717) is 12.3 Å². The summed E-state index contributed by atoms with van der Waals surface area (Å²) >= 11 is 0. The molecule has 5 heteroatoms. The normalized spacial score (nSPS) is 17.5. The van der Waals surface area contributed by atoms with Gasteiger partial charge in [0, 0.05) is 6.54 Å². The quantitative estimate of drug-likeness (QED) is 0.793. The maximum Gasteiger partial charge on any atom is 0.307 e. The monoisotopic (exact) mass is 277 g/mol. The fraction of sp³-hybridized carbons (Fsp3) is 0.467. The highest BCUT2D eigenvalue weighted by Crippen LogP contribution is 2.37. The number of hydrogen-bond acceptors (Lipinski definition) is 4. The van der Waals surface area contributed by atoms with Crippen LogP contribution in [0.25, 0.3) is 0 Å². The fourth-order valence-electron chi connectivity index (χ4n) is 2.39. The molecule has 1 aromatic carbocycles. The van der Waals surface area contributed by atoms with E-state index in [1.54, 1.807) is 11.8 Å². The molecule has 0 fully saturated rings. The average Bonchev–Trinajstić information content (AvgIpc) is 2.40. The maximum atomic E-state index is 12.3. The minimum absolute atomic E-state index is 0.133. The van der Waals surface area contributed by atoms with Crippen LogP contribution in [0.1, 0.15) is 24.5 Å². The lowest BCUT2D eigenvalue weighted by Gasteiger charge is -2.34. The number of carbonyl (C=O) groups excluding carboxylic acids is 2. The minimum atomic E-state index is -0.540. The highest BCUT2D eigenvalue weighted by molar-refractivity contribution is 6.00. The Morgan fingerprint density at radius 2 is 2.10 bits per heavy atom. The van der Waals surface area contributed by atoms with E-state index in [9.17, 15) is 9.59 Å². The van der Waals surface area contributed by atoms with Gasteiger partial charge in [-0.15, -0.1) is 0 Å². The van der Waals surface area contributed by atoms with Crippen LogP contribution in [-0.4, -0.2) is 31.6 Å². The SMILES string of the molecule is COC(=O)CCN1C(=O)C(C)Oc2c(C)cc(C)cc21. The van der Waals surface area contributed by atoms with E-state index in [1.165, 1.54) is 7.11 Å². The number of esters is 1. The number of anilines is 1. The summed E-state index contributed by atoms with van der Waals surface area (Å²) in [5.41, 5.74) is 2.77. The molecule has 0 radical (unpaired) electrons. The number of carbonyl (C=O) groups is 2. The lowest BCUT2D eigenvalue weighted by molar-refractivity contribution is -0.140. The van der Waals surface area contributed by atoms with E-state index in [0.717, 1.165) is 16.8 Å². The van der Waals surface area contributed by atoms with E-state index in [4.69, 9.17) is 4.74 Å². The first-order valence-corrected chi connectivity index (χ1v) is 6.60. The summed E-state index contributed by atoms with van der Waals surface area (Å²) in [5.74, 6) is 0.252. The third-order valence-corrected chi connectivity index (χ3v) is 3.37. The Hall–Kier alpha value is -2.04. The molecule has 0 bridgehead atoms. The van der Waals surface area contributed by atoms with Gasteiger partial charge in [0.25, 0.3) is 5.91 Å². The molecule has 1 unspecified atom stereocenters. The van der Waals surface area contributed by atoms with Crippen LogP contribution in [0.5, 0.6) is 5.75 Å². The Morgan fingerprint density at radius 1 is 1.40 bits per heavy atom. The van der Waals surface area contributed by atoms with Gasteiger partial charge >= 0.3 is 5.97 Å². The van der Waals surface area contributed by atoms with Crippen molar-refractivity contribution >= 4 is 17.6 Å². The molecule has 1 atom stereocenters. The van der Waals surface area contributed by atoms with Crippen LogP contribution in [0.2, 0.25) is 0 Å². The number of hydrogen-bond donors (Lipinski definition) is 0. The first-order valence-electron chi connectivity index (χ1n) is 6.60. The molecular formula is C15H19NO4. The zero-order chi connectivity index (χ0) is 14.9. The standard InChI is InChI=1S/C15H19NO4/c1-9-7-10(2)14-12(8-9)16(6-5-13(17)19-4)15(18)11(3)20-14/h7-8,11H,5-6H2,1-4H3. The summed E-state index contributed by atoms with van der Waals surface area (Å²) in [6.45, 7) is 5.94. The molecule has 0 aliphatic carbocycles. The molecule has 1 aromatic rings. The van der Waals surface area contributed by atoms with Crippen molar-refractivity contribution in [2.24, 2.45) is 0 Å². The van der Waals surface area contributed by atoms with Gasteiger partial charge < -0.3 is 14.4 Å². The second kappa shape index (κ2) is 5.53. The first-order chi connectivity index (χ1) is 9.43. The molecule has 1 aliphatic rings. The van der Waals surface area contributed by atoms with Gasteiger partial charge in [-0.05, 0) is 38.0 Å². The molecule has 0 aromatic heterocycles. The van der Waals surface area contributed by atoms with Crippen LogP contribution in [-0.2, 0) is 14.3 Å². The van der Waals surface area contributed by atoms with Crippen LogP contribution < -0.4 is 9.64 Å². The van der Waals surface area contributed by atoms with Gasteiger partial charge in [-0.25, -0.2) is 0 Å². The van der Waals surface area contributed by atoms with Gasteiger partial charge in [0.05, 0.1) is 19.2 Å². The Balaban J connectivity index is 2.36. The molecule has 0 saturated heterocycles. The summed E-state index contributed by atoms with van der Waals surface area (Å²) < 4.78 is 10.3. The summed E-state index contributed by atoms with van der Waals surface area (Å²) in [4.78, 5) is 25.2. The van der Waals surface area contributed by atoms with Gasteiger partial charge in [-0.1, -0.05) is 6.07 Å². The Labute approximate surface area is 118 Å². The first kappa shape index (κ1) is 14.4. The molecule has 1 amide bonds. The predicted octanol–water partition coefficient (Wildman–Crippen LogP) is 1.98. The van der Waals surface area contributed by atoms with Crippen molar-refractivity contribution in [3.63, 3.8) is 0 Å². The zero-order valence-electron chi connectivity index (χ0n) is 12.2. The fourth-order valence-corrected chi connectivity index (χ4v) is 2.39. The number of aryl methyl sites for hydroxylation is 2. The molecule has 5 nitrogen and oxygen atoms in total. The molecule has 20 heavy (non-hydrogen) atoms. The smallest absolute Gasteiger partial charge is 0.307 e. The lowest BCUT2D eigenvalue weighted by atomic mass is 10.1. The van der Waals surface area contributed by atoms with E-state index in [1.807, 2.05) is 26.0 Å². The van der Waals surface area contributed by atoms with Gasteiger partial charge in [0.1, 0.15) is 5.75 Å².